The number of hydrogen-bond acceptors (Lipinski definition) is 4. The molecule has 0 saturated carbocycles. The van der Waals surface area contributed by atoms with Crippen LogP contribution in [0.15, 0.2) is 0 Å². The minimum atomic E-state index is -0.994. The van der Waals surface area contributed by atoms with Crippen molar-refractivity contribution >= 4 is 12.1 Å². The van der Waals surface area contributed by atoms with Crippen molar-refractivity contribution < 1.29 is 19.1 Å². The lowest BCUT2D eigenvalue weighted by Gasteiger charge is -2.29. The highest BCUT2D eigenvalue weighted by molar-refractivity contribution is 5.90. The summed E-state index contributed by atoms with van der Waals surface area (Å²) >= 11 is 0. The fraction of sp³-hybridized carbons (Fsp3) is 0.867. The summed E-state index contributed by atoms with van der Waals surface area (Å²) in [7, 11) is 1.49. The fourth-order valence-corrected chi connectivity index (χ4v) is 1.96. The van der Waals surface area contributed by atoms with Gasteiger partial charge in [0.05, 0.1) is 0 Å². The van der Waals surface area contributed by atoms with E-state index in [1.54, 1.807) is 20.8 Å². The highest BCUT2D eigenvalue weighted by Gasteiger charge is 2.34. The topological polar surface area (TPSA) is 52.6 Å². The van der Waals surface area contributed by atoms with E-state index < -0.39 is 17.8 Å². The van der Waals surface area contributed by atoms with Crippen LogP contribution in [0.2, 0.25) is 0 Å². The molecule has 0 spiro atoms. The maximum atomic E-state index is 12.1. The number of hydrogen-bond donors (Lipinski definition) is 0. The van der Waals surface area contributed by atoms with Gasteiger partial charge in [-0.05, 0) is 27.2 Å². The molecule has 0 amide bonds. The average molecular weight is 272 g/mol. The number of ether oxygens (including phenoxy) is 2. The quantitative estimate of drug-likeness (QED) is 0.428. The summed E-state index contributed by atoms with van der Waals surface area (Å²) in [5.41, 5.74) is -0.994. The number of ketones is 1. The van der Waals surface area contributed by atoms with Gasteiger partial charge in [-0.1, -0.05) is 32.6 Å². The molecule has 0 aromatic heterocycles. The molecular weight excluding hydrogens is 244 g/mol. The van der Waals surface area contributed by atoms with Crippen LogP contribution in [0.4, 0.5) is 0 Å². The molecule has 0 aliphatic rings. The van der Waals surface area contributed by atoms with Crippen molar-refractivity contribution in [3.8, 4) is 0 Å². The van der Waals surface area contributed by atoms with E-state index in [4.69, 9.17) is 9.47 Å². The molecule has 0 bridgehead atoms. The Kier molecular flexibility index (Phi) is 8.85. The first kappa shape index (κ1) is 18.3. The van der Waals surface area contributed by atoms with Gasteiger partial charge in [0, 0.05) is 7.11 Å². The summed E-state index contributed by atoms with van der Waals surface area (Å²) in [6.45, 7) is 7.20. The molecule has 2 atom stereocenters. The Morgan fingerprint density at radius 3 is 2.37 bits per heavy atom. The molecule has 0 radical (unpaired) electrons. The first-order valence-corrected chi connectivity index (χ1v) is 7.09. The lowest BCUT2D eigenvalue weighted by atomic mass is 9.98. The summed E-state index contributed by atoms with van der Waals surface area (Å²) in [6.07, 6.45) is 4.77. The van der Waals surface area contributed by atoms with E-state index >= 15 is 0 Å². The third kappa shape index (κ3) is 6.83. The Morgan fingerprint density at radius 2 is 1.89 bits per heavy atom. The predicted octanol–water partition coefficient (Wildman–Crippen LogP) is 2.92. The van der Waals surface area contributed by atoms with E-state index in [9.17, 15) is 9.59 Å². The average Bonchev–Trinajstić information content (AvgIpc) is 2.40. The van der Waals surface area contributed by atoms with Crippen LogP contribution in [0.1, 0.15) is 59.8 Å². The van der Waals surface area contributed by atoms with E-state index in [1.807, 2.05) is 0 Å². The molecule has 0 N–H and O–H groups in total. The first-order valence-electron chi connectivity index (χ1n) is 7.09. The molecule has 0 rings (SSSR count). The molecule has 112 valence electrons. The zero-order chi connectivity index (χ0) is 14.9. The second-order valence-corrected chi connectivity index (χ2v) is 5.39. The lowest BCUT2D eigenvalue weighted by Crippen LogP contribution is -2.44. The summed E-state index contributed by atoms with van der Waals surface area (Å²) in [5.74, 6) is -0.143. The van der Waals surface area contributed by atoms with Crippen LogP contribution >= 0.6 is 0 Å². The van der Waals surface area contributed by atoms with Gasteiger partial charge in [-0.2, -0.15) is 0 Å². The van der Waals surface area contributed by atoms with Gasteiger partial charge in [-0.3, -0.25) is 4.79 Å². The van der Waals surface area contributed by atoms with Gasteiger partial charge in [0.2, 0.25) is 0 Å². The molecule has 19 heavy (non-hydrogen) atoms. The van der Waals surface area contributed by atoms with Crippen LogP contribution in [0.5, 0.6) is 0 Å². The number of rotatable bonds is 11. The number of carbonyl (C=O) groups excluding carboxylic acids is 2. The SMILES string of the molecule is CCCCCCC(C=O)OC(C)(C)C(=O)C(C)OC. The molecule has 0 aliphatic heterocycles. The summed E-state index contributed by atoms with van der Waals surface area (Å²) in [5, 5.41) is 0. The molecule has 0 heterocycles. The van der Waals surface area contributed by atoms with Crippen LogP contribution in [0.25, 0.3) is 0 Å². The van der Waals surface area contributed by atoms with E-state index in [-0.39, 0.29) is 5.78 Å². The smallest absolute Gasteiger partial charge is 0.192 e. The van der Waals surface area contributed by atoms with Crippen LogP contribution in [-0.2, 0) is 19.1 Å². The van der Waals surface area contributed by atoms with Crippen molar-refractivity contribution in [3.05, 3.63) is 0 Å². The Balaban J connectivity index is 4.34. The normalized spacial score (nSPS) is 15.0. The van der Waals surface area contributed by atoms with Crippen molar-refractivity contribution in [1.82, 2.24) is 0 Å². The number of unbranched alkanes of at least 4 members (excludes halogenated alkanes) is 3. The molecule has 4 heteroatoms. The summed E-state index contributed by atoms with van der Waals surface area (Å²) in [6, 6.07) is 0. The molecule has 0 aliphatic carbocycles. The summed E-state index contributed by atoms with van der Waals surface area (Å²) in [4.78, 5) is 23.1. The molecule has 0 aromatic carbocycles. The van der Waals surface area contributed by atoms with E-state index in [0.29, 0.717) is 6.42 Å². The number of methoxy groups -OCH3 is 1. The summed E-state index contributed by atoms with van der Waals surface area (Å²) < 4.78 is 10.7. The fourth-order valence-electron chi connectivity index (χ4n) is 1.96. The second-order valence-electron chi connectivity index (χ2n) is 5.39. The van der Waals surface area contributed by atoms with Crippen molar-refractivity contribution in [2.45, 2.75) is 77.6 Å². The number of Topliss-reactive ketones (excluding diaryl/α,β-unsaturated/α-hetero) is 1. The maximum Gasteiger partial charge on any atom is 0.192 e. The Hall–Kier alpha value is -0.740. The van der Waals surface area contributed by atoms with E-state index in [2.05, 4.69) is 6.92 Å². The van der Waals surface area contributed by atoms with Gasteiger partial charge in [0.1, 0.15) is 24.1 Å². The van der Waals surface area contributed by atoms with Crippen molar-refractivity contribution in [2.24, 2.45) is 0 Å². The molecule has 0 aromatic rings. The first-order chi connectivity index (χ1) is 8.88. The second kappa shape index (κ2) is 9.21. The van der Waals surface area contributed by atoms with E-state index in [0.717, 1.165) is 32.0 Å². The minimum absolute atomic E-state index is 0.143. The van der Waals surface area contributed by atoms with Gasteiger partial charge in [0.15, 0.2) is 5.78 Å². The maximum absolute atomic E-state index is 12.1. The van der Waals surface area contributed by atoms with Gasteiger partial charge in [-0.15, -0.1) is 0 Å². The monoisotopic (exact) mass is 272 g/mol. The van der Waals surface area contributed by atoms with Crippen LogP contribution < -0.4 is 0 Å². The van der Waals surface area contributed by atoms with Crippen molar-refractivity contribution in [1.29, 1.82) is 0 Å². The largest absolute Gasteiger partial charge is 0.374 e. The lowest BCUT2D eigenvalue weighted by molar-refractivity contribution is -0.158. The zero-order valence-corrected chi connectivity index (χ0v) is 12.9. The standard InChI is InChI=1S/C15H28O4/c1-6-7-8-9-10-13(11-16)19-15(3,4)14(17)12(2)18-5/h11-13H,6-10H2,1-5H3. The third-order valence-electron chi connectivity index (χ3n) is 3.26. The van der Waals surface area contributed by atoms with Gasteiger partial charge in [-0.25, -0.2) is 0 Å². The molecule has 4 nitrogen and oxygen atoms in total. The zero-order valence-electron chi connectivity index (χ0n) is 12.9. The van der Waals surface area contributed by atoms with Crippen LogP contribution in [0, 0.1) is 0 Å². The van der Waals surface area contributed by atoms with E-state index in [1.165, 1.54) is 7.11 Å². The highest BCUT2D eigenvalue weighted by atomic mass is 16.5. The van der Waals surface area contributed by atoms with Gasteiger partial charge >= 0.3 is 0 Å². The Morgan fingerprint density at radius 1 is 1.26 bits per heavy atom. The van der Waals surface area contributed by atoms with Crippen molar-refractivity contribution in [2.75, 3.05) is 7.11 Å². The van der Waals surface area contributed by atoms with Crippen LogP contribution in [-0.4, -0.2) is 37.0 Å². The third-order valence-corrected chi connectivity index (χ3v) is 3.26. The Bertz CT molecular complexity index is 273. The minimum Gasteiger partial charge on any atom is -0.374 e. The molecule has 2 unspecified atom stereocenters. The molecule has 0 saturated heterocycles. The van der Waals surface area contributed by atoms with Gasteiger partial charge < -0.3 is 14.3 Å². The highest BCUT2D eigenvalue weighted by Crippen LogP contribution is 2.19. The number of carbonyl (C=O) groups is 2. The molecule has 0 fully saturated rings. The van der Waals surface area contributed by atoms with Gasteiger partial charge in [0.25, 0.3) is 0 Å². The Labute approximate surface area is 116 Å². The predicted molar refractivity (Wildman–Crippen MR) is 75.3 cm³/mol. The number of aldehydes is 1. The molecular formula is C15H28O4. The van der Waals surface area contributed by atoms with Crippen molar-refractivity contribution in [3.63, 3.8) is 0 Å². The van der Waals surface area contributed by atoms with Crippen LogP contribution in [0.3, 0.4) is 0 Å².